The van der Waals surface area contributed by atoms with E-state index >= 15 is 0 Å². The first-order chi connectivity index (χ1) is 13.3. The standard InChI is InChI=1S/C22H31BN2O4/c1-20(2,3)25-11-10-17(19(25)27)24-13-14-8-9-15(12-16(14)18(24)26)23-28-21(4,5)22(6,7)29-23/h8-9,12,17H,10-11,13H2,1-7H3. The van der Waals surface area contributed by atoms with Crippen LogP contribution in [0.5, 0.6) is 0 Å². The summed E-state index contributed by atoms with van der Waals surface area (Å²) in [5.41, 5.74) is 1.35. The molecule has 0 bridgehead atoms. The Labute approximate surface area is 173 Å². The molecule has 2 saturated heterocycles. The number of benzene rings is 1. The van der Waals surface area contributed by atoms with Gasteiger partial charge in [0.05, 0.1) is 11.2 Å². The third kappa shape index (κ3) is 3.19. The van der Waals surface area contributed by atoms with E-state index in [9.17, 15) is 9.59 Å². The second-order valence-electron chi connectivity index (χ2n) is 10.4. The van der Waals surface area contributed by atoms with E-state index in [1.807, 2.05) is 71.6 Å². The largest absolute Gasteiger partial charge is 0.494 e. The van der Waals surface area contributed by atoms with E-state index in [2.05, 4.69) is 0 Å². The monoisotopic (exact) mass is 398 g/mol. The summed E-state index contributed by atoms with van der Waals surface area (Å²) in [6, 6.07) is 5.43. The Kier molecular flexibility index (Phi) is 4.45. The molecule has 0 saturated carbocycles. The summed E-state index contributed by atoms with van der Waals surface area (Å²) in [5.74, 6) is -0.0303. The zero-order chi connectivity index (χ0) is 21.4. The third-order valence-electron chi connectivity index (χ3n) is 6.85. The topological polar surface area (TPSA) is 59.1 Å². The number of likely N-dealkylation sites (tertiary alicyclic amines) is 1. The van der Waals surface area contributed by atoms with Crippen molar-refractivity contribution in [3.05, 3.63) is 29.3 Å². The summed E-state index contributed by atoms with van der Waals surface area (Å²) in [7, 11) is -0.503. The first kappa shape index (κ1) is 20.4. The van der Waals surface area contributed by atoms with Gasteiger partial charge in [0.15, 0.2) is 0 Å². The molecule has 0 aliphatic carbocycles. The number of carbonyl (C=O) groups excluding carboxylic acids is 2. The minimum atomic E-state index is -0.503. The Morgan fingerprint density at radius 3 is 2.24 bits per heavy atom. The van der Waals surface area contributed by atoms with Crippen molar-refractivity contribution in [3.8, 4) is 0 Å². The van der Waals surface area contributed by atoms with Crippen molar-refractivity contribution in [3.63, 3.8) is 0 Å². The average molecular weight is 398 g/mol. The molecular weight excluding hydrogens is 367 g/mol. The van der Waals surface area contributed by atoms with Gasteiger partial charge in [-0.3, -0.25) is 9.59 Å². The molecule has 1 unspecified atom stereocenters. The van der Waals surface area contributed by atoms with Crippen molar-refractivity contribution in [1.82, 2.24) is 9.80 Å². The smallest absolute Gasteiger partial charge is 0.399 e. The number of fused-ring (bicyclic) bond motifs is 1. The maximum Gasteiger partial charge on any atom is 0.494 e. The maximum atomic E-state index is 13.2. The number of hydrogen-bond acceptors (Lipinski definition) is 4. The molecule has 1 aromatic carbocycles. The number of carbonyl (C=O) groups is 2. The highest BCUT2D eigenvalue weighted by molar-refractivity contribution is 6.62. The van der Waals surface area contributed by atoms with Crippen molar-refractivity contribution in [2.24, 2.45) is 0 Å². The highest BCUT2D eigenvalue weighted by atomic mass is 16.7. The quantitative estimate of drug-likeness (QED) is 0.718. The van der Waals surface area contributed by atoms with Gasteiger partial charge in [0.25, 0.3) is 5.91 Å². The lowest BCUT2D eigenvalue weighted by atomic mass is 9.78. The van der Waals surface area contributed by atoms with Crippen molar-refractivity contribution in [2.75, 3.05) is 6.54 Å². The Morgan fingerprint density at radius 2 is 1.69 bits per heavy atom. The van der Waals surface area contributed by atoms with E-state index in [1.54, 1.807) is 4.90 Å². The SMILES string of the molecule is CC(C)(C)N1CCC(N2Cc3ccc(B4OC(C)(C)C(C)(C)O4)cc3C2=O)C1=O. The summed E-state index contributed by atoms with van der Waals surface area (Å²) in [5, 5.41) is 0. The summed E-state index contributed by atoms with van der Waals surface area (Å²) >= 11 is 0. The van der Waals surface area contributed by atoms with E-state index < -0.39 is 18.3 Å². The molecule has 0 spiro atoms. The Bertz CT molecular complexity index is 858. The zero-order valence-corrected chi connectivity index (χ0v) is 18.5. The van der Waals surface area contributed by atoms with Gasteiger partial charge in [-0.1, -0.05) is 12.1 Å². The molecule has 2 fully saturated rings. The predicted octanol–water partition coefficient (Wildman–Crippen LogP) is 2.34. The lowest BCUT2D eigenvalue weighted by Gasteiger charge is -2.33. The van der Waals surface area contributed by atoms with Crippen LogP contribution in [-0.4, -0.2) is 58.1 Å². The van der Waals surface area contributed by atoms with Crippen LogP contribution >= 0.6 is 0 Å². The van der Waals surface area contributed by atoms with Gasteiger partial charge >= 0.3 is 7.12 Å². The van der Waals surface area contributed by atoms with E-state index in [0.29, 0.717) is 25.1 Å². The number of hydrogen-bond donors (Lipinski definition) is 0. The van der Waals surface area contributed by atoms with Crippen molar-refractivity contribution in [1.29, 1.82) is 0 Å². The second kappa shape index (κ2) is 6.32. The van der Waals surface area contributed by atoms with Crippen LogP contribution in [0.15, 0.2) is 18.2 Å². The van der Waals surface area contributed by atoms with E-state index in [1.165, 1.54) is 0 Å². The molecule has 29 heavy (non-hydrogen) atoms. The zero-order valence-electron chi connectivity index (χ0n) is 18.5. The van der Waals surface area contributed by atoms with Crippen LogP contribution in [0, 0.1) is 0 Å². The van der Waals surface area contributed by atoms with Crippen LogP contribution in [0.25, 0.3) is 0 Å². The minimum Gasteiger partial charge on any atom is -0.399 e. The fourth-order valence-electron chi connectivity index (χ4n) is 4.34. The van der Waals surface area contributed by atoms with Crippen LogP contribution < -0.4 is 5.46 Å². The van der Waals surface area contributed by atoms with Gasteiger partial charge < -0.3 is 19.1 Å². The van der Waals surface area contributed by atoms with Crippen LogP contribution in [0.1, 0.15) is 70.8 Å². The van der Waals surface area contributed by atoms with Crippen LogP contribution in [0.3, 0.4) is 0 Å². The first-order valence-corrected chi connectivity index (χ1v) is 10.4. The molecule has 156 valence electrons. The summed E-state index contributed by atoms with van der Waals surface area (Å²) in [6.07, 6.45) is 0.680. The van der Waals surface area contributed by atoms with Crippen molar-refractivity contribution in [2.45, 2.75) is 84.2 Å². The first-order valence-electron chi connectivity index (χ1n) is 10.4. The van der Waals surface area contributed by atoms with Crippen LogP contribution in [-0.2, 0) is 20.6 Å². The van der Waals surface area contributed by atoms with Crippen molar-refractivity contribution < 1.29 is 18.9 Å². The number of amides is 2. The van der Waals surface area contributed by atoms with Gasteiger partial charge in [-0.25, -0.2) is 0 Å². The molecule has 2 amide bonds. The Morgan fingerprint density at radius 1 is 1.07 bits per heavy atom. The third-order valence-corrected chi connectivity index (χ3v) is 6.85. The molecule has 4 rings (SSSR count). The second-order valence-corrected chi connectivity index (χ2v) is 10.4. The number of rotatable bonds is 2. The van der Waals surface area contributed by atoms with E-state index in [0.717, 1.165) is 11.0 Å². The average Bonchev–Trinajstić information content (AvgIpc) is 3.19. The molecule has 7 heteroatoms. The van der Waals surface area contributed by atoms with Gasteiger partial charge in [-0.05, 0) is 72.0 Å². The van der Waals surface area contributed by atoms with Crippen molar-refractivity contribution >= 4 is 24.4 Å². The van der Waals surface area contributed by atoms with Gasteiger partial charge in [-0.15, -0.1) is 0 Å². The minimum absolute atomic E-state index is 0.0461. The highest BCUT2D eigenvalue weighted by Gasteiger charge is 2.52. The Hall–Kier alpha value is -1.86. The molecule has 6 nitrogen and oxygen atoms in total. The molecule has 1 atom stereocenters. The van der Waals surface area contributed by atoms with Gasteiger partial charge in [0.2, 0.25) is 5.91 Å². The van der Waals surface area contributed by atoms with E-state index in [-0.39, 0.29) is 23.4 Å². The van der Waals surface area contributed by atoms with Gasteiger partial charge in [0.1, 0.15) is 6.04 Å². The molecule has 1 aromatic rings. The lowest BCUT2D eigenvalue weighted by Crippen LogP contribution is -2.48. The Balaban J connectivity index is 1.56. The maximum absolute atomic E-state index is 13.2. The summed E-state index contributed by atoms with van der Waals surface area (Å²) in [4.78, 5) is 29.7. The summed E-state index contributed by atoms with van der Waals surface area (Å²) in [6.45, 7) is 15.3. The molecule has 0 radical (unpaired) electrons. The van der Waals surface area contributed by atoms with Gasteiger partial charge in [0, 0.05) is 24.2 Å². The molecule has 0 N–H and O–H groups in total. The van der Waals surface area contributed by atoms with Crippen LogP contribution in [0.4, 0.5) is 0 Å². The van der Waals surface area contributed by atoms with Gasteiger partial charge in [-0.2, -0.15) is 0 Å². The molecule has 3 aliphatic heterocycles. The summed E-state index contributed by atoms with van der Waals surface area (Å²) < 4.78 is 12.3. The normalized spacial score (nSPS) is 25.9. The molecule has 3 aliphatic rings. The molecule has 0 aromatic heterocycles. The number of nitrogens with zero attached hydrogens (tertiary/aromatic N) is 2. The fourth-order valence-corrected chi connectivity index (χ4v) is 4.34. The molecule has 3 heterocycles. The lowest BCUT2D eigenvalue weighted by molar-refractivity contribution is -0.135. The molecular formula is C22H31BN2O4. The predicted molar refractivity (Wildman–Crippen MR) is 112 cm³/mol. The highest BCUT2D eigenvalue weighted by Crippen LogP contribution is 2.37. The van der Waals surface area contributed by atoms with Crippen LogP contribution in [0.2, 0.25) is 0 Å². The van der Waals surface area contributed by atoms with E-state index in [4.69, 9.17) is 9.31 Å². The fraction of sp³-hybridized carbons (Fsp3) is 0.636.